The first-order valence-corrected chi connectivity index (χ1v) is 6.66. The molecular weight excluding hydrogens is 234 g/mol. The third-order valence-electron chi connectivity index (χ3n) is 2.75. The maximum absolute atomic E-state index is 5.65. The molecule has 0 bridgehead atoms. The SMILES string of the molecule is COC(C(Cc1nc(C)cs1)NN)C(C)(C)C. The van der Waals surface area contributed by atoms with E-state index in [4.69, 9.17) is 10.6 Å². The van der Waals surface area contributed by atoms with Crippen LogP contribution >= 0.6 is 11.3 Å². The summed E-state index contributed by atoms with van der Waals surface area (Å²) in [6.45, 7) is 8.46. The lowest BCUT2D eigenvalue weighted by Crippen LogP contribution is -2.51. The van der Waals surface area contributed by atoms with Gasteiger partial charge in [0.1, 0.15) is 0 Å². The zero-order chi connectivity index (χ0) is 13.1. The van der Waals surface area contributed by atoms with Gasteiger partial charge in [0.25, 0.3) is 0 Å². The van der Waals surface area contributed by atoms with E-state index in [0.29, 0.717) is 0 Å². The highest BCUT2D eigenvalue weighted by atomic mass is 32.1. The third-order valence-corrected chi connectivity index (χ3v) is 3.74. The van der Waals surface area contributed by atoms with E-state index in [2.05, 4.69) is 36.6 Å². The number of aryl methyl sites for hydroxylation is 1. The lowest BCUT2D eigenvalue weighted by Gasteiger charge is -2.35. The molecule has 2 unspecified atom stereocenters. The molecule has 0 aliphatic rings. The fourth-order valence-electron chi connectivity index (χ4n) is 2.06. The van der Waals surface area contributed by atoms with E-state index in [0.717, 1.165) is 17.1 Å². The fraction of sp³-hybridized carbons (Fsp3) is 0.750. The molecule has 0 amide bonds. The number of ether oxygens (including phenoxy) is 1. The van der Waals surface area contributed by atoms with Crippen molar-refractivity contribution >= 4 is 11.3 Å². The second-order valence-electron chi connectivity index (χ2n) is 5.38. The molecule has 3 N–H and O–H groups in total. The summed E-state index contributed by atoms with van der Waals surface area (Å²) < 4.78 is 5.58. The van der Waals surface area contributed by atoms with Crippen molar-refractivity contribution in [2.24, 2.45) is 11.3 Å². The molecule has 98 valence electrons. The lowest BCUT2D eigenvalue weighted by molar-refractivity contribution is -0.0110. The fourth-order valence-corrected chi connectivity index (χ4v) is 2.89. The summed E-state index contributed by atoms with van der Waals surface area (Å²) in [7, 11) is 1.73. The van der Waals surface area contributed by atoms with Crippen molar-refractivity contribution in [2.75, 3.05) is 7.11 Å². The number of aromatic nitrogens is 1. The van der Waals surface area contributed by atoms with Crippen LogP contribution in [0.25, 0.3) is 0 Å². The Bertz CT molecular complexity index is 346. The molecule has 0 radical (unpaired) electrons. The van der Waals surface area contributed by atoms with Gasteiger partial charge in [-0.3, -0.25) is 11.3 Å². The Morgan fingerprint density at radius 2 is 2.18 bits per heavy atom. The highest BCUT2D eigenvalue weighted by Crippen LogP contribution is 2.26. The zero-order valence-electron chi connectivity index (χ0n) is 11.3. The van der Waals surface area contributed by atoms with Gasteiger partial charge < -0.3 is 4.74 Å². The Balaban J connectivity index is 2.76. The van der Waals surface area contributed by atoms with E-state index in [1.165, 1.54) is 0 Å². The van der Waals surface area contributed by atoms with Gasteiger partial charge in [0.15, 0.2) is 0 Å². The molecule has 5 heteroatoms. The van der Waals surface area contributed by atoms with Crippen LogP contribution < -0.4 is 11.3 Å². The molecule has 0 fully saturated rings. The van der Waals surface area contributed by atoms with Gasteiger partial charge in [-0.05, 0) is 12.3 Å². The molecule has 0 aliphatic heterocycles. The monoisotopic (exact) mass is 257 g/mol. The molecule has 1 aromatic rings. The number of thiazole rings is 1. The molecule has 0 spiro atoms. The van der Waals surface area contributed by atoms with E-state index in [-0.39, 0.29) is 17.6 Å². The number of hydrogen-bond donors (Lipinski definition) is 2. The normalized spacial score (nSPS) is 15.9. The van der Waals surface area contributed by atoms with E-state index in [9.17, 15) is 0 Å². The largest absolute Gasteiger partial charge is 0.379 e. The molecule has 1 aromatic heterocycles. The number of rotatable bonds is 5. The number of nitrogens with two attached hydrogens (primary N) is 1. The second-order valence-corrected chi connectivity index (χ2v) is 6.32. The molecule has 0 aliphatic carbocycles. The summed E-state index contributed by atoms with van der Waals surface area (Å²) in [6.07, 6.45) is 0.849. The first-order valence-electron chi connectivity index (χ1n) is 5.78. The predicted octanol–water partition coefficient (Wildman–Crippen LogP) is 1.89. The van der Waals surface area contributed by atoms with Crippen molar-refractivity contribution in [1.29, 1.82) is 0 Å². The standard InChI is InChI=1S/C12H23N3OS/c1-8-7-17-10(14-8)6-9(15-13)11(16-5)12(2,3)4/h7,9,11,15H,6,13H2,1-5H3. The average molecular weight is 257 g/mol. The maximum Gasteiger partial charge on any atom is 0.0945 e. The minimum absolute atomic E-state index is 0.0398. The lowest BCUT2D eigenvalue weighted by atomic mass is 9.83. The average Bonchev–Trinajstić information content (AvgIpc) is 2.61. The number of methoxy groups -OCH3 is 1. The second kappa shape index (κ2) is 5.91. The maximum atomic E-state index is 5.65. The van der Waals surface area contributed by atoms with Crippen LogP contribution in [0, 0.1) is 12.3 Å². The highest BCUT2D eigenvalue weighted by Gasteiger charge is 2.32. The van der Waals surface area contributed by atoms with Crippen LogP contribution in [0.4, 0.5) is 0 Å². The van der Waals surface area contributed by atoms with Crippen molar-refractivity contribution in [2.45, 2.75) is 46.3 Å². The van der Waals surface area contributed by atoms with Crippen LogP contribution in [0.15, 0.2) is 5.38 Å². The van der Waals surface area contributed by atoms with Crippen molar-refractivity contribution in [3.63, 3.8) is 0 Å². The third kappa shape index (κ3) is 4.03. The number of hydrazine groups is 1. The molecule has 0 aromatic carbocycles. The molecule has 4 nitrogen and oxygen atoms in total. The Morgan fingerprint density at radius 1 is 1.53 bits per heavy atom. The first kappa shape index (κ1) is 14.6. The van der Waals surface area contributed by atoms with Crippen molar-refractivity contribution in [1.82, 2.24) is 10.4 Å². The van der Waals surface area contributed by atoms with Crippen LogP contribution in [-0.4, -0.2) is 24.2 Å². The Kier molecular flexibility index (Phi) is 5.06. The molecule has 0 saturated heterocycles. The van der Waals surface area contributed by atoms with Gasteiger partial charge >= 0.3 is 0 Å². The molecule has 2 atom stereocenters. The van der Waals surface area contributed by atoms with E-state index >= 15 is 0 Å². The first-order chi connectivity index (χ1) is 7.88. The predicted molar refractivity (Wildman–Crippen MR) is 71.9 cm³/mol. The number of nitrogens with one attached hydrogen (secondary N) is 1. The van der Waals surface area contributed by atoms with Gasteiger partial charge in [-0.2, -0.15) is 0 Å². The van der Waals surface area contributed by atoms with Crippen molar-refractivity contribution in [3.05, 3.63) is 16.1 Å². The molecule has 0 saturated carbocycles. The molecule has 1 rings (SSSR count). The summed E-state index contributed by atoms with van der Waals surface area (Å²) in [5, 5.41) is 3.15. The highest BCUT2D eigenvalue weighted by molar-refractivity contribution is 7.09. The van der Waals surface area contributed by atoms with Gasteiger partial charge in [0.05, 0.1) is 17.2 Å². The van der Waals surface area contributed by atoms with E-state index in [1.807, 2.05) is 6.92 Å². The van der Waals surface area contributed by atoms with E-state index in [1.54, 1.807) is 18.4 Å². The molecule has 1 heterocycles. The summed E-state index contributed by atoms with van der Waals surface area (Å²) in [4.78, 5) is 4.46. The van der Waals surface area contributed by atoms with Gasteiger partial charge in [0, 0.05) is 24.6 Å². The topological polar surface area (TPSA) is 60.2 Å². The Hall–Kier alpha value is -0.490. The minimum Gasteiger partial charge on any atom is -0.379 e. The summed E-state index contributed by atoms with van der Waals surface area (Å²) in [5.74, 6) is 5.65. The smallest absolute Gasteiger partial charge is 0.0945 e. The summed E-state index contributed by atoms with van der Waals surface area (Å²) in [5.41, 5.74) is 3.96. The van der Waals surface area contributed by atoms with Crippen molar-refractivity contribution < 1.29 is 4.74 Å². The number of hydrogen-bond acceptors (Lipinski definition) is 5. The molecule has 17 heavy (non-hydrogen) atoms. The van der Waals surface area contributed by atoms with Gasteiger partial charge in [0.2, 0.25) is 0 Å². The van der Waals surface area contributed by atoms with Crippen LogP contribution in [0.5, 0.6) is 0 Å². The number of nitrogens with zero attached hydrogens (tertiary/aromatic N) is 1. The summed E-state index contributed by atoms with van der Waals surface area (Å²) >= 11 is 1.67. The quantitative estimate of drug-likeness (QED) is 0.624. The minimum atomic E-state index is 0.0398. The van der Waals surface area contributed by atoms with Gasteiger partial charge in [-0.25, -0.2) is 4.98 Å². The van der Waals surface area contributed by atoms with Crippen LogP contribution in [0.1, 0.15) is 31.5 Å². The van der Waals surface area contributed by atoms with Crippen LogP contribution in [0.2, 0.25) is 0 Å². The zero-order valence-corrected chi connectivity index (χ0v) is 12.1. The van der Waals surface area contributed by atoms with Crippen LogP contribution in [-0.2, 0) is 11.2 Å². The van der Waals surface area contributed by atoms with Crippen LogP contribution in [0.3, 0.4) is 0 Å². The van der Waals surface area contributed by atoms with E-state index < -0.39 is 0 Å². The molecular formula is C12H23N3OS. The summed E-state index contributed by atoms with van der Waals surface area (Å²) in [6, 6.07) is 0.0746. The van der Waals surface area contributed by atoms with Gasteiger partial charge in [-0.15, -0.1) is 11.3 Å². The Morgan fingerprint density at radius 3 is 2.53 bits per heavy atom. The van der Waals surface area contributed by atoms with Gasteiger partial charge in [-0.1, -0.05) is 20.8 Å². The Labute approximate surface area is 108 Å². The van der Waals surface area contributed by atoms with Crippen molar-refractivity contribution in [3.8, 4) is 0 Å².